The third kappa shape index (κ3) is 4.45. The molecule has 2 aromatic carbocycles. The van der Waals surface area contributed by atoms with Gasteiger partial charge in [0, 0.05) is 54.9 Å². The van der Waals surface area contributed by atoms with Crippen molar-refractivity contribution in [3.05, 3.63) is 69.5 Å². The van der Waals surface area contributed by atoms with Crippen molar-refractivity contribution in [2.24, 2.45) is 0 Å². The third-order valence-corrected chi connectivity index (χ3v) is 4.81. The third-order valence-electron chi connectivity index (χ3n) is 4.23. The zero-order valence-electron chi connectivity index (χ0n) is 12.8. The number of halogens is 3. The molecule has 2 aromatic rings. The van der Waals surface area contributed by atoms with Gasteiger partial charge in [0.05, 0.1) is 0 Å². The maximum Gasteiger partial charge on any atom is 0.127 e. The highest BCUT2D eigenvalue weighted by atomic mass is 35.5. The van der Waals surface area contributed by atoms with E-state index >= 15 is 0 Å². The number of piperazine rings is 1. The predicted molar refractivity (Wildman–Crippen MR) is 93.4 cm³/mol. The highest BCUT2D eigenvalue weighted by Crippen LogP contribution is 2.23. The SMILES string of the molecule is Fc1ccccc1CN1CCN(Cc2ccc(Cl)cc2Cl)CC1. The summed E-state index contributed by atoms with van der Waals surface area (Å²) in [5.41, 5.74) is 1.86. The fraction of sp³-hybridized carbons (Fsp3) is 0.333. The molecule has 0 spiro atoms. The Morgan fingerprint density at radius 1 is 0.826 bits per heavy atom. The van der Waals surface area contributed by atoms with Crippen molar-refractivity contribution in [2.45, 2.75) is 13.1 Å². The van der Waals surface area contributed by atoms with Crippen LogP contribution in [0.4, 0.5) is 4.39 Å². The normalized spacial score (nSPS) is 16.7. The van der Waals surface area contributed by atoms with E-state index in [-0.39, 0.29) is 5.82 Å². The van der Waals surface area contributed by atoms with Gasteiger partial charge in [-0.15, -0.1) is 0 Å². The van der Waals surface area contributed by atoms with E-state index in [4.69, 9.17) is 23.2 Å². The lowest BCUT2D eigenvalue weighted by Gasteiger charge is -2.35. The molecule has 0 aliphatic carbocycles. The summed E-state index contributed by atoms with van der Waals surface area (Å²) in [5.74, 6) is -0.122. The van der Waals surface area contributed by atoms with Crippen LogP contribution in [0.25, 0.3) is 0 Å². The molecule has 2 nitrogen and oxygen atoms in total. The minimum absolute atomic E-state index is 0.122. The Morgan fingerprint density at radius 3 is 2.04 bits per heavy atom. The Morgan fingerprint density at radius 2 is 1.43 bits per heavy atom. The van der Waals surface area contributed by atoms with Crippen molar-refractivity contribution in [3.8, 4) is 0 Å². The molecule has 1 aliphatic rings. The lowest BCUT2D eigenvalue weighted by molar-refractivity contribution is 0.121. The Labute approximate surface area is 146 Å². The fourth-order valence-electron chi connectivity index (χ4n) is 2.86. The first kappa shape index (κ1) is 16.7. The van der Waals surface area contributed by atoms with Crippen LogP contribution in [-0.4, -0.2) is 36.0 Å². The summed E-state index contributed by atoms with van der Waals surface area (Å²) >= 11 is 12.2. The van der Waals surface area contributed by atoms with Crippen molar-refractivity contribution in [2.75, 3.05) is 26.2 Å². The van der Waals surface area contributed by atoms with Gasteiger partial charge in [-0.05, 0) is 23.8 Å². The van der Waals surface area contributed by atoms with Crippen molar-refractivity contribution in [3.63, 3.8) is 0 Å². The lowest BCUT2D eigenvalue weighted by atomic mass is 10.1. The molecule has 0 bridgehead atoms. The minimum Gasteiger partial charge on any atom is -0.296 e. The molecule has 0 amide bonds. The highest BCUT2D eigenvalue weighted by molar-refractivity contribution is 6.35. The molecule has 1 saturated heterocycles. The van der Waals surface area contributed by atoms with Gasteiger partial charge in [-0.2, -0.15) is 0 Å². The molecular formula is C18H19Cl2FN2. The summed E-state index contributed by atoms with van der Waals surface area (Å²) in [5, 5.41) is 1.37. The first-order valence-corrected chi connectivity index (χ1v) is 8.49. The Hall–Kier alpha value is -1.13. The second kappa shape index (κ2) is 7.63. The van der Waals surface area contributed by atoms with Crippen molar-refractivity contribution in [1.82, 2.24) is 9.80 Å². The molecule has 0 saturated carbocycles. The largest absolute Gasteiger partial charge is 0.296 e. The van der Waals surface area contributed by atoms with Gasteiger partial charge < -0.3 is 0 Å². The molecule has 1 aliphatic heterocycles. The number of hydrogen-bond acceptors (Lipinski definition) is 2. The van der Waals surface area contributed by atoms with Crippen LogP contribution >= 0.6 is 23.2 Å². The molecule has 0 atom stereocenters. The molecule has 122 valence electrons. The average molecular weight is 353 g/mol. The quantitative estimate of drug-likeness (QED) is 0.801. The molecule has 1 heterocycles. The molecule has 1 fully saturated rings. The van der Waals surface area contributed by atoms with Crippen molar-refractivity contribution in [1.29, 1.82) is 0 Å². The summed E-state index contributed by atoms with van der Waals surface area (Å²) in [7, 11) is 0. The van der Waals surface area contributed by atoms with Crippen LogP contribution in [0.15, 0.2) is 42.5 Å². The zero-order chi connectivity index (χ0) is 16.2. The van der Waals surface area contributed by atoms with Gasteiger partial charge >= 0.3 is 0 Å². The number of nitrogens with zero attached hydrogens (tertiary/aromatic N) is 2. The van der Waals surface area contributed by atoms with Crippen molar-refractivity contribution < 1.29 is 4.39 Å². The Bertz CT molecular complexity index is 670. The van der Waals surface area contributed by atoms with Gasteiger partial charge in [0.25, 0.3) is 0 Å². The Balaban J connectivity index is 1.53. The monoisotopic (exact) mass is 352 g/mol. The minimum atomic E-state index is -0.122. The maximum atomic E-state index is 13.7. The van der Waals surface area contributed by atoms with Crippen LogP contribution in [0, 0.1) is 5.82 Å². The van der Waals surface area contributed by atoms with Gasteiger partial charge in [0.2, 0.25) is 0 Å². The van der Waals surface area contributed by atoms with E-state index in [9.17, 15) is 4.39 Å². The molecule has 5 heteroatoms. The summed E-state index contributed by atoms with van der Waals surface area (Å²) in [6.07, 6.45) is 0. The smallest absolute Gasteiger partial charge is 0.127 e. The van der Waals surface area contributed by atoms with Crippen LogP contribution in [0.2, 0.25) is 10.0 Å². The number of benzene rings is 2. The standard InChI is InChI=1S/C18H19Cl2FN2/c19-16-6-5-14(17(20)11-16)12-22-7-9-23(10-8-22)13-15-3-1-2-4-18(15)21/h1-6,11H,7-10,12-13H2. The van der Waals surface area contributed by atoms with Gasteiger partial charge in [-0.1, -0.05) is 47.5 Å². The van der Waals surface area contributed by atoms with Gasteiger partial charge in [-0.3, -0.25) is 9.80 Å². The van der Waals surface area contributed by atoms with Gasteiger partial charge in [0.15, 0.2) is 0 Å². The molecule has 3 rings (SSSR count). The second-order valence-corrected chi connectivity index (χ2v) is 6.72. The molecule has 0 N–H and O–H groups in total. The highest BCUT2D eigenvalue weighted by Gasteiger charge is 2.18. The van der Waals surface area contributed by atoms with Crippen LogP contribution in [0.1, 0.15) is 11.1 Å². The second-order valence-electron chi connectivity index (χ2n) is 5.88. The first-order chi connectivity index (χ1) is 11.1. The van der Waals surface area contributed by atoms with E-state index < -0.39 is 0 Å². The van der Waals surface area contributed by atoms with Gasteiger partial charge in [-0.25, -0.2) is 4.39 Å². The van der Waals surface area contributed by atoms with Gasteiger partial charge in [0.1, 0.15) is 5.82 Å². The summed E-state index contributed by atoms with van der Waals surface area (Å²) in [6.45, 7) is 5.26. The van der Waals surface area contributed by atoms with Crippen LogP contribution in [0.5, 0.6) is 0 Å². The fourth-order valence-corrected chi connectivity index (χ4v) is 3.33. The molecule has 0 aromatic heterocycles. The molecule has 0 unspecified atom stereocenters. The van der Waals surface area contributed by atoms with E-state index in [2.05, 4.69) is 9.80 Å². The van der Waals surface area contributed by atoms with E-state index in [1.807, 2.05) is 24.3 Å². The summed E-state index contributed by atoms with van der Waals surface area (Å²) < 4.78 is 13.7. The molecular weight excluding hydrogens is 334 g/mol. The maximum absolute atomic E-state index is 13.7. The lowest BCUT2D eigenvalue weighted by Crippen LogP contribution is -2.45. The predicted octanol–water partition coefficient (Wildman–Crippen LogP) is 4.45. The topological polar surface area (TPSA) is 6.48 Å². The Kier molecular flexibility index (Phi) is 5.54. The van der Waals surface area contributed by atoms with Crippen LogP contribution < -0.4 is 0 Å². The number of rotatable bonds is 4. The van der Waals surface area contributed by atoms with Crippen LogP contribution in [-0.2, 0) is 13.1 Å². The van der Waals surface area contributed by atoms with E-state index in [1.165, 1.54) is 6.07 Å². The molecule has 23 heavy (non-hydrogen) atoms. The van der Waals surface area contributed by atoms with E-state index in [0.29, 0.717) is 16.6 Å². The number of hydrogen-bond donors (Lipinski definition) is 0. The zero-order valence-corrected chi connectivity index (χ0v) is 14.3. The average Bonchev–Trinajstić information content (AvgIpc) is 2.54. The summed E-state index contributed by atoms with van der Waals surface area (Å²) in [4.78, 5) is 4.66. The molecule has 0 radical (unpaired) electrons. The van der Waals surface area contributed by atoms with E-state index in [0.717, 1.165) is 43.9 Å². The van der Waals surface area contributed by atoms with E-state index in [1.54, 1.807) is 12.1 Å². The summed E-state index contributed by atoms with van der Waals surface area (Å²) in [6, 6.07) is 12.6. The first-order valence-electron chi connectivity index (χ1n) is 7.74. The van der Waals surface area contributed by atoms with Crippen molar-refractivity contribution >= 4 is 23.2 Å². The van der Waals surface area contributed by atoms with Crippen LogP contribution in [0.3, 0.4) is 0 Å².